The van der Waals surface area contributed by atoms with Crippen molar-refractivity contribution in [3.8, 4) is 5.75 Å². The topological polar surface area (TPSA) is 35.5 Å². The zero-order chi connectivity index (χ0) is 11.5. The average molecular weight is 219 g/mol. The van der Waals surface area contributed by atoms with Crippen molar-refractivity contribution in [3.63, 3.8) is 0 Å². The highest BCUT2D eigenvalue weighted by molar-refractivity contribution is 5.89. The number of carbonyl (C=O) groups is 1. The Morgan fingerprint density at radius 2 is 1.73 bits per heavy atom. The van der Waals surface area contributed by atoms with Gasteiger partial charge >= 0.3 is 12.3 Å². The molecule has 0 spiro atoms. The molecule has 0 saturated carbocycles. The van der Waals surface area contributed by atoms with Crippen LogP contribution in [-0.4, -0.2) is 12.3 Å². The largest absolute Gasteiger partial charge is 0.573 e. The van der Waals surface area contributed by atoms with Crippen LogP contribution in [0.2, 0.25) is 0 Å². The van der Waals surface area contributed by atoms with Gasteiger partial charge in [0.2, 0.25) is 0 Å². The summed E-state index contributed by atoms with van der Waals surface area (Å²) in [6, 6.07) is 4.32. The lowest BCUT2D eigenvalue weighted by Crippen LogP contribution is -2.17. The number of halogens is 3. The monoisotopic (exact) mass is 219 g/mol. The standard InChI is InChI=1S/C9H6F3O3/c1-14-8(13)6-2-4-7(5-3-6)15-9(10,11)12/h2-5H,1H2. The molecule has 1 aromatic carbocycles. The molecule has 1 rings (SSSR count). The van der Waals surface area contributed by atoms with Gasteiger partial charge in [-0.1, -0.05) is 0 Å². The minimum absolute atomic E-state index is 0.0968. The molecule has 0 aliphatic heterocycles. The highest BCUT2D eigenvalue weighted by atomic mass is 19.4. The van der Waals surface area contributed by atoms with E-state index >= 15 is 0 Å². The van der Waals surface area contributed by atoms with E-state index < -0.39 is 18.1 Å². The van der Waals surface area contributed by atoms with E-state index in [1.165, 1.54) is 0 Å². The van der Waals surface area contributed by atoms with E-state index in [0.717, 1.165) is 24.3 Å². The van der Waals surface area contributed by atoms with E-state index in [1.807, 2.05) is 0 Å². The van der Waals surface area contributed by atoms with Gasteiger partial charge in [-0.3, -0.25) is 0 Å². The number of carbonyl (C=O) groups excluding carboxylic acids is 1. The first kappa shape index (κ1) is 11.4. The number of hydrogen-bond donors (Lipinski definition) is 0. The first-order valence-corrected chi connectivity index (χ1v) is 3.74. The van der Waals surface area contributed by atoms with Crippen LogP contribution in [-0.2, 0) is 4.74 Å². The maximum absolute atomic E-state index is 11.7. The molecule has 0 amide bonds. The van der Waals surface area contributed by atoms with Crippen LogP contribution in [0.4, 0.5) is 13.2 Å². The van der Waals surface area contributed by atoms with Gasteiger partial charge in [-0.2, -0.15) is 0 Å². The van der Waals surface area contributed by atoms with Crippen LogP contribution >= 0.6 is 0 Å². The van der Waals surface area contributed by atoms with E-state index in [0.29, 0.717) is 0 Å². The zero-order valence-electron chi connectivity index (χ0n) is 7.38. The molecule has 6 heteroatoms. The molecule has 0 atom stereocenters. The second-order valence-electron chi connectivity index (χ2n) is 2.50. The lowest BCUT2D eigenvalue weighted by atomic mass is 10.2. The first-order chi connectivity index (χ1) is 6.92. The Hall–Kier alpha value is -1.72. The normalized spacial score (nSPS) is 10.9. The number of rotatable bonds is 2. The third-order valence-corrected chi connectivity index (χ3v) is 1.45. The van der Waals surface area contributed by atoms with Crippen molar-refractivity contribution in [2.75, 3.05) is 0 Å². The Balaban J connectivity index is 2.77. The van der Waals surface area contributed by atoms with Crippen LogP contribution in [0.25, 0.3) is 0 Å². The van der Waals surface area contributed by atoms with Gasteiger partial charge < -0.3 is 9.47 Å². The second kappa shape index (κ2) is 4.20. The number of hydrogen-bond acceptors (Lipinski definition) is 3. The van der Waals surface area contributed by atoms with Crippen LogP contribution in [0.15, 0.2) is 24.3 Å². The smallest absolute Gasteiger partial charge is 0.458 e. The molecule has 81 valence electrons. The summed E-state index contributed by atoms with van der Waals surface area (Å²) < 4.78 is 43.0. The fourth-order valence-corrected chi connectivity index (χ4v) is 0.876. The van der Waals surface area contributed by atoms with Crippen LogP contribution in [0.1, 0.15) is 10.4 Å². The molecule has 0 fully saturated rings. The Morgan fingerprint density at radius 1 is 1.20 bits per heavy atom. The molecule has 0 bridgehead atoms. The summed E-state index contributed by atoms with van der Waals surface area (Å²) in [5.41, 5.74) is 0.0968. The molecule has 0 N–H and O–H groups in total. The van der Waals surface area contributed by atoms with E-state index in [-0.39, 0.29) is 5.56 Å². The van der Waals surface area contributed by atoms with Crippen LogP contribution in [0, 0.1) is 7.11 Å². The minimum Gasteiger partial charge on any atom is -0.458 e. The van der Waals surface area contributed by atoms with Gasteiger partial charge in [0.25, 0.3) is 0 Å². The van der Waals surface area contributed by atoms with Crippen molar-refractivity contribution in [2.45, 2.75) is 6.36 Å². The Morgan fingerprint density at radius 3 is 2.13 bits per heavy atom. The third kappa shape index (κ3) is 3.49. The second-order valence-corrected chi connectivity index (χ2v) is 2.50. The third-order valence-electron chi connectivity index (χ3n) is 1.45. The van der Waals surface area contributed by atoms with Gasteiger partial charge in [0, 0.05) is 0 Å². The number of ether oxygens (including phenoxy) is 2. The van der Waals surface area contributed by atoms with Gasteiger partial charge in [0.15, 0.2) is 0 Å². The molecular formula is C9H6F3O3. The van der Waals surface area contributed by atoms with Crippen molar-refractivity contribution >= 4 is 5.97 Å². The molecule has 0 heterocycles. The maximum atomic E-state index is 11.7. The molecule has 0 unspecified atom stereocenters. The van der Waals surface area contributed by atoms with Gasteiger partial charge in [-0.25, -0.2) is 4.79 Å². The molecule has 0 aliphatic rings. The van der Waals surface area contributed by atoms with Gasteiger partial charge in [-0.05, 0) is 24.3 Å². The highest BCUT2D eigenvalue weighted by Crippen LogP contribution is 2.22. The van der Waals surface area contributed by atoms with Gasteiger partial charge in [-0.15, -0.1) is 13.2 Å². The molecule has 3 nitrogen and oxygen atoms in total. The molecule has 0 saturated heterocycles. The van der Waals surface area contributed by atoms with Crippen molar-refractivity contribution < 1.29 is 27.4 Å². The number of benzene rings is 1. The number of esters is 1. The summed E-state index contributed by atoms with van der Waals surface area (Å²) in [5, 5.41) is 0. The fourth-order valence-electron chi connectivity index (χ4n) is 0.876. The molecule has 15 heavy (non-hydrogen) atoms. The van der Waals surface area contributed by atoms with Crippen LogP contribution in [0.5, 0.6) is 5.75 Å². The Labute approximate surface area is 83.4 Å². The Bertz CT molecular complexity index is 343. The summed E-state index contributed by atoms with van der Waals surface area (Å²) in [4.78, 5) is 10.9. The van der Waals surface area contributed by atoms with Crippen LogP contribution < -0.4 is 4.74 Å². The van der Waals surface area contributed by atoms with Crippen molar-refractivity contribution in [3.05, 3.63) is 36.9 Å². The molecule has 1 aromatic rings. The van der Waals surface area contributed by atoms with E-state index in [9.17, 15) is 18.0 Å². The predicted molar refractivity (Wildman–Crippen MR) is 43.9 cm³/mol. The van der Waals surface area contributed by atoms with Gasteiger partial charge in [0.05, 0.1) is 5.56 Å². The lowest BCUT2D eigenvalue weighted by Gasteiger charge is -2.08. The highest BCUT2D eigenvalue weighted by Gasteiger charge is 2.31. The van der Waals surface area contributed by atoms with Crippen molar-refractivity contribution in [1.29, 1.82) is 0 Å². The first-order valence-electron chi connectivity index (χ1n) is 3.74. The van der Waals surface area contributed by atoms with E-state index in [1.54, 1.807) is 0 Å². The van der Waals surface area contributed by atoms with Gasteiger partial charge in [0.1, 0.15) is 12.9 Å². The van der Waals surface area contributed by atoms with Crippen LogP contribution in [0.3, 0.4) is 0 Å². The number of alkyl halides is 3. The van der Waals surface area contributed by atoms with Crippen molar-refractivity contribution in [2.24, 2.45) is 0 Å². The maximum Gasteiger partial charge on any atom is 0.573 e. The summed E-state index contributed by atoms with van der Waals surface area (Å²) in [6.45, 7) is 0. The molecule has 0 aromatic heterocycles. The summed E-state index contributed by atoms with van der Waals surface area (Å²) in [5.74, 6) is -1.13. The Kier molecular flexibility index (Phi) is 3.18. The van der Waals surface area contributed by atoms with E-state index in [4.69, 9.17) is 0 Å². The van der Waals surface area contributed by atoms with Crippen molar-refractivity contribution in [1.82, 2.24) is 0 Å². The van der Waals surface area contributed by atoms with E-state index in [2.05, 4.69) is 16.6 Å². The molecule has 1 radical (unpaired) electrons. The summed E-state index contributed by atoms with van der Waals surface area (Å²) >= 11 is 0. The lowest BCUT2D eigenvalue weighted by molar-refractivity contribution is -0.274. The predicted octanol–water partition coefficient (Wildman–Crippen LogP) is 2.53. The fraction of sp³-hybridized carbons (Fsp3) is 0.111. The summed E-state index contributed by atoms with van der Waals surface area (Å²) in [6.07, 6.45) is -4.74. The quantitative estimate of drug-likeness (QED) is 0.717. The minimum atomic E-state index is -4.74. The average Bonchev–Trinajstić information content (AvgIpc) is 2.15. The zero-order valence-corrected chi connectivity index (χ0v) is 7.38. The molecule has 0 aliphatic carbocycles. The summed E-state index contributed by atoms with van der Waals surface area (Å²) in [7, 11) is 2.88. The molecular weight excluding hydrogens is 213 g/mol. The SMILES string of the molecule is [CH2]OC(=O)c1ccc(OC(F)(F)F)cc1.